The second-order valence-electron chi connectivity index (χ2n) is 6.10. The van der Waals surface area contributed by atoms with Crippen LogP contribution in [0, 0.1) is 6.92 Å². The van der Waals surface area contributed by atoms with E-state index in [9.17, 15) is 4.79 Å². The van der Waals surface area contributed by atoms with Gasteiger partial charge in [0.05, 0.1) is 7.11 Å². The first-order chi connectivity index (χ1) is 13.1. The van der Waals surface area contributed by atoms with Crippen LogP contribution in [0.5, 0.6) is 5.88 Å². The third-order valence-electron chi connectivity index (χ3n) is 4.08. The predicted octanol–water partition coefficient (Wildman–Crippen LogP) is 3.82. The Kier molecular flexibility index (Phi) is 5.99. The zero-order valence-corrected chi connectivity index (χ0v) is 15.4. The van der Waals surface area contributed by atoms with E-state index in [1.165, 1.54) is 0 Å². The number of ether oxygens (including phenoxy) is 1. The molecule has 2 N–H and O–H groups in total. The maximum absolute atomic E-state index is 12.0. The smallest absolute Gasteiger partial charge is 0.319 e. The maximum Gasteiger partial charge on any atom is 0.319 e. The molecule has 0 radical (unpaired) electrons. The summed E-state index contributed by atoms with van der Waals surface area (Å²) in [6.07, 6.45) is 4.24. The van der Waals surface area contributed by atoms with Crippen molar-refractivity contribution in [2.24, 2.45) is 0 Å². The van der Waals surface area contributed by atoms with Gasteiger partial charge in [-0.2, -0.15) is 0 Å². The fourth-order valence-corrected chi connectivity index (χ4v) is 2.65. The molecule has 1 aromatic carbocycles. The summed E-state index contributed by atoms with van der Waals surface area (Å²) in [4.78, 5) is 20.4. The highest BCUT2D eigenvalue weighted by Gasteiger charge is 2.03. The van der Waals surface area contributed by atoms with Gasteiger partial charge in [0, 0.05) is 36.4 Å². The average Bonchev–Trinajstić information content (AvgIpc) is 2.69. The summed E-state index contributed by atoms with van der Waals surface area (Å²) in [5.74, 6) is 0.579. The molecule has 0 fully saturated rings. The molecule has 0 saturated carbocycles. The highest BCUT2D eigenvalue weighted by molar-refractivity contribution is 5.89. The molecule has 2 aromatic heterocycles. The summed E-state index contributed by atoms with van der Waals surface area (Å²) in [7, 11) is 1.58. The second-order valence-corrected chi connectivity index (χ2v) is 6.10. The van der Waals surface area contributed by atoms with Gasteiger partial charge in [0.1, 0.15) is 0 Å². The standard InChI is InChI=1S/C21H22N4O2/c1-15-13-18(10-12-22-15)17-4-6-19(7-5-17)25-21(26)23-11-9-16-3-8-20(27-2)24-14-16/h3-8,10,12-14H,9,11H2,1-2H3,(H2,23,25,26). The average molecular weight is 362 g/mol. The number of nitrogens with one attached hydrogen (secondary N) is 2. The van der Waals surface area contributed by atoms with Gasteiger partial charge in [0.2, 0.25) is 5.88 Å². The first-order valence-electron chi connectivity index (χ1n) is 8.71. The van der Waals surface area contributed by atoms with Crippen molar-refractivity contribution >= 4 is 11.7 Å². The molecule has 2 amide bonds. The number of anilines is 1. The van der Waals surface area contributed by atoms with Crippen LogP contribution in [0.2, 0.25) is 0 Å². The largest absolute Gasteiger partial charge is 0.481 e. The normalized spacial score (nSPS) is 10.3. The predicted molar refractivity (Wildman–Crippen MR) is 106 cm³/mol. The molecule has 2 heterocycles. The lowest BCUT2D eigenvalue weighted by Crippen LogP contribution is -2.30. The molecule has 138 valence electrons. The number of carbonyl (C=O) groups is 1. The first-order valence-corrected chi connectivity index (χ1v) is 8.71. The number of aromatic nitrogens is 2. The zero-order chi connectivity index (χ0) is 19.1. The Hall–Kier alpha value is -3.41. The lowest BCUT2D eigenvalue weighted by atomic mass is 10.1. The van der Waals surface area contributed by atoms with Crippen LogP contribution in [0.25, 0.3) is 11.1 Å². The summed E-state index contributed by atoms with van der Waals surface area (Å²) >= 11 is 0. The number of hydrogen-bond acceptors (Lipinski definition) is 4. The summed E-state index contributed by atoms with van der Waals surface area (Å²) in [6, 6.07) is 15.2. The van der Waals surface area contributed by atoms with Gasteiger partial charge in [-0.1, -0.05) is 18.2 Å². The van der Waals surface area contributed by atoms with Crippen molar-refractivity contribution in [3.8, 4) is 17.0 Å². The van der Waals surface area contributed by atoms with Crippen LogP contribution in [0.3, 0.4) is 0 Å². The molecule has 0 atom stereocenters. The van der Waals surface area contributed by atoms with E-state index in [1.807, 2.05) is 49.4 Å². The number of urea groups is 1. The Morgan fingerprint density at radius 2 is 1.85 bits per heavy atom. The van der Waals surface area contributed by atoms with Gasteiger partial charge in [-0.15, -0.1) is 0 Å². The van der Waals surface area contributed by atoms with Crippen LogP contribution in [0.4, 0.5) is 10.5 Å². The Balaban J connectivity index is 1.48. The number of methoxy groups -OCH3 is 1. The number of nitrogens with zero attached hydrogens (tertiary/aromatic N) is 2. The van der Waals surface area contributed by atoms with Crippen molar-refractivity contribution in [1.29, 1.82) is 0 Å². The van der Waals surface area contributed by atoms with Crippen LogP contribution in [-0.2, 0) is 6.42 Å². The third-order valence-corrected chi connectivity index (χ3v) is 4.08. The van der Waals surface area contributed by atoms with Gasteiger partial charge in [-0.05, 0) is 54.3 Å². The van der Waals surface area contributed by atoms with E-state index < -0.39 is 0 Å². The summed E-state index contributed by atoms with van der Waals surface area (Å²) in [5, 5.41) is 5.68. The molecule has 0 aliphatic heterocycles. The molecule has 27 heavy (non-hydrogen) atoms. The molecule has 3 aromatic rings. The monoisotopic (exact) mass is 362 g/mol. The minimum Gasteiger partial charge on any atom is -0.481 e. The van der Waals surface area contributed by atoms with Crippen molar-refractivity contribution in [1.82, 2.24) is 15.3 Å². The highest BCUT2D eigenvalue weighted by atomic mass is 16.5. The quantitative estimate of drug-likeness (QED) is 0.699. The van der Waals surface area contributed by atoms with Crippen LogP contribution in [-0.4, -0.2) is 29.7 Å². The van der Waals surface area contributed by atoms with Crippen molar-refractivity contribution in [3.05, 3.63) is 72.2 Å². The van der Waals surface area contributed by atoms with E-state index >= 15 is 0 Å². The molecule has 6 heteroatoms. The van der Waals surface area contributed by atoms with Gasteiger partial charge in [-0.25, -0.2) is 9.78 Å². The lowest BCUT2D eigenvalue weighted by Gasteiger charge is -2.09. The number of pyridine rings is 2. The van der Waals surface area contributed by atoms with Gasteiger partial charge in [-0.3, -0.25) is 4.98 Å². The van der Waals surface area contributed by atoms with E-state index in [0.29, 0.717) is 18.8 Å². The Labute approximate surface area is 158 Å². The van der Waals surface area contributed by atoms with Gasteiger partial charge < -0.3 is 15.4 Å². The summed E-state index contributed by atoms with van der Waals surface area (Å²) < 4.78 is 5.03. The lowest BCUT2D eigenvalue weighted by molar-refractivity contribution is 0.252. The van der Waals surface area contributed by atoms with Gasteiger partial charge >= 0.3 is 6.03 Å². The number of benzene rings is 1. The van der Waals surface area contributed by atoms with E-state index in [4.69, 9.17) is 4.74 Å². The topological polar surface area (TPSA) is 76.1 Å². The van der Waals surface area contributed by atoms with Gasteiger partial charge in [0.15, 0.2) is 0 Å². The van der Waals surface area contributed by atoms with Crippen LogP contribution < -0.4 is 15.4 Å². The molecule has 0 unspecified atom stereocenters. The maximum atomic E-state index is 12.0. The molecular formula is C21H22N4O2. The minimum absolute atomic E-state index is 0.232. The van der Waals surface area contributed by atoms with E-state index in [-0.39, 0.29) is 6.03 Å². The van der Waals surface area contributed by atoms with E-state index in [2.05, 4.69) is 20.6 Å². The fourth-order valence-electron chi connectivity index (χ4n) is 2.65. The van der Waals surface area contributed by atoms with E-state index in [0.717, 1.165) is 28.1 Å². The fraction of sp³-hybridized carbons (Fsp3) is 0.190. The SMILES string of the molecule is COc1ccc(CCNC(=O)Nc2ccc(-c3ccnc(C)c3)cc2)cn1. The third kappa shape index (κ3) is 5.28. The van der Waals surface area contributed by atoms with Crippen LogP contribution in [0.1, 0.15) is 11.3 Å². The molecule has 0 aliphatic rings. The second kappa shape index (κ2) is 8.80. The van der Waals surface area contributed by atoms with Gasteiger partial charge in [0.25, 0.3) is 0 Å². The molecular weight excluding hydrogens is 340 g/mol. The molecule has 0 bridgehead atoms. The number of carbonyl (C=O) groups excluding carboxylic acids is 1. The molecule has 0 spiro atoms. The van der Waals surface area contributed by atoms with E-state index in [1.54, 1.807) is 25.6 Å². The molecule has 6 nitrogen and oxygen atoms in total. The number of amides is 2. The Morgan fingerprint density at radius 1 is 1.04 bits per heavy atom. The highest BCUT2D eigenvalue weighted by Crippen LogP contribution is 2.21. The minimum atomic E-state index is -0.232. The first kappa shape index (κ1) is 18.4. The van der Waals surface area contributed by atoms with Crippen molar-refractivity contribution in [3.63, 3.8) is 0 Å². The van der Waals surface area contributed by atoms with Crippen molar-refractivity contribution in [2.75, 3.05) is 19.0 Å². The summed E-state index contributed by atoms with van der Waals surface area (Å²) in [5.41, 5.74) is 4.94. The number of rotatable bonds is 6. The Morgan fingerprint density at radius 3 is 2.52 bits per heavy atom. The number of hydrogen-bond donors (Lipinski definition) is 2. The van der Waals surface area contributed by atoms with Crippen LogP contribution >= 0.6 is 0 Å². The van der Waals surface area contributed by atoms with Crippen molar-refractivity contribution < 1.29 is 9.53 Å². The molecule has 3 rings (SSSR count). The molecule has 0 aliphatic carbocycles. The molecule has 0 saturated heterocycles. The number of aryl methyl sites for hydroxylation is 1. The Bertz CT molecular complexity index is 893. The summed E-state index contributed by atoms with van der Waals surface area (Å²) in [6.45, 7) is 2.49. The van der Waals surface area contributed by atoms with Crippen LogP contribution in [0.15, 0.2) is 60.9 Å². The van der Waals surface area contributed by atoms with Crippen molar-refractivity contribution in [2.45, 2.75) is 13.3 Å². The zero-order valence-electron chi connectivity index (χ0n) is 15.4.